The molecule has 7 heteroatoms. The number of carbonyl (C=O) groups is 2. The lowest BCUT2D eigenvalue weighted by Crippen LogP contribution is -2.48. The summed E-state index contributed by atoms with van der Waals surface area (Å²) in [5.74, 6) is -0.752. The number of nitro benzene ring substituents is 1. The van der Waals surface area contributed by atoms with E-state index in [4.69, 9.17) is 0 Å². The highest BCUT2D eigenvalue weighted by atomic mass is 16.6. The molecule has 0 fully saturated rings. The second kappa shape index (κ2) is 8.07. The molecule has 7 nitrogen and oxygen atoms in total. The van der Waals surface area contributed by atoms with Crippen LogP contribution < -0.4 is 5.32 Å². The molecule has 124 valence electrons. The minimum atomic E-state index is -0.645. The van der Waals surface area contributed by atoms with Gasteiger partial charge in [-0.05, 0) is 18.1 Å². The summed E-state index contributed by atoms with van der Waals surface area (Å²) >= 11 is 0. The first-order valence-electron chi connectivity index (χ1n) is 7.17. The normalized spacial score (nSPS) is 12.2. The zero-order valence-electron chi connectivity index (χ0n) is 13.6. The lowest BCUT2D eigenvalue weighted by atomic mass is 10.0. The van der Waals surface area contributed by atoms with Gasteiger partial charge >= 0.3 is 0 Å². The van der Waals surface area contributed by atoms with Gasteiger partial charge in [-0.15, -0.1) is 0 Å². The quantitative estimate of drug-likeness (QED) is 0.492. The van der Waals surface area contributed by atoms with Crippen LogP contribution >= 0.6 is 0 Å². The Balaban J connectivity index is 2.87. The molecule has 0 saturated carbocycles. The minimum absolute atomic E-state index is 0.0756. The molecule has 1 atom stereocenters. The maximum atomic E-state index is 12.0. The Bertz CT molecular complexity index is 624. The van der Waals surface area contributed by atoms with Gasteiger partial charge in [0.15, 0.2) is 0 Å². The number of nitrogens with zero attached hydrogens (tertiary/aromatic N) is 2. The molecule has 23 heavy (non-hydrogen) atoms. The molecule has 1 N–H and O–H groups in total. The fraction of sp³-hybridized carbons (Fsp3) is 0.375. The number of rotatable bonds is 6. The van der Waals surface area contributed by atoms with E-state index < -0.39 is 16.9 Å². The van der Waals surface area contributed by atoms with E-state index in [1.807, 2.05) is 13.8 Å². The number of para-hydroxylation sites is 1. The summed E-state index contributed by atoms with van der Waals surface area (Å²) in [5.41, 5.74) is 0.244. The van der Waals surface area contributed by atoms with Gasteiger partial charge in [-0.1, -0.05) is 26.0 Å². The highest BCUT2D eigenvalue weighted by molar-refractivity contribution is 5.95. The van der Waals surface area contributed by atoms with Crippen molar-refractivity contribution in [3.8, 4) is 0 Å². The van der Waals surface area contributed by atoms with Gasteiger partial charge in [0, 0.05) is 26.2 Å². The lowest BCUT2D eigenvalue weighted by molar-refractivity contribution is -0.385. The van der Waals surface area contributed by atoms with Gasteiger partial charge in [-0.2, -0.15) is 0 Å². The van der Waals surface area contributed by atoms with Gasteiger partial charge in [0.2, 0.25) is 11.8 Å². The molecule has 0 bridgehead atoms. The van der Waals surface area contributed by atoms with E-state index in [1.165, 1.54) is 23.1 Å². The van der Waals surface area contributed by atoms with Crippen LogP contribution in [0, 0.1) is 16.0 Å². The largest absolute Gasteiger partial charge is 0.347 e. The van der Waals surface area contributed by atoms with Gasteiger partial charge in [-0.3, -0.25) is 19.7 Å². The first kappa shape index (κ1) is 18.3. The van der Waals surface area contributed by atoms with Gasteiger partial charge < -0.3 is 10.2 Å². The van der Waals surface area contributed by atoms with Crippen molar-refractivity contribution in [3.05, 3.63) is 46.0 Å². The molecule has 0 saturated heterocycles. The molecule has 0 aliphatic heterocycles. The summed E-state index contributed by atoms with van der Waals surface area (Å²) in [6.45, 7) is 3.66. The Morgan fingerprint density at radius 1 is 1.26 bits per heavy atom. The van der Waals surface area contributed by atoms with Crippen LogP contribution in [0.5, 0.6) is 0 Å². The predicted molar refractivity (Wildman–Crippen MR) is 87.6 cm³/mol. The number of likely N-dealkylation sites (N-methyl/N-ethyl adjacent to an activating group) is 1. The van der Waals surface area contributed by atoms with E-state index >= 15 is 0 Å². The average molecular weight is 319 g/mol. The summed E-state index contributed by atoms with van der Waals surface area (Å²) < 4.78 is 0. The van der Waals surface area contributed by atoms with E-state index in [1.54, 1.807) is 32.3 Å². The minimum Gasteiger partial charge on any atom is -0.347 e. The van der Waals surface area contributed by atoms with Crippen molar-refractivity contribution in [2.24, 2.45) is 5.92 Å². The van der Waals surface area contributed by atoms with Gasteiger partial charge in [-0.25, -0.2) is 0 Å². The molecular weight excluding hydrogens is 298 g/mol. The molecule has 1 aromatic carbocycles. The zero-order valence-corrected chi connectivity index (χ0v) is 13.6. The maximum Gasteiger partial charge on any atom is 0.276 e. The van der Waals surface area contributed by atoms with Crippen LogP contribution in [0.3, 0.4) is 0 Å². The molecule has 1 aromatic rings. The van der Waals surface area contributed by atoms with Crippen LogP contribution in [0.4, 0.5) is 5.69 Å². The molecule has 2 amide bonds. The molecule has 1 unspecified atom stereocenters. The first-order chi connectivity index (χ1) is 10.7. The number of nitro groups is 1. The number of nitrogens with one attached hydrogen (secondary N) is 1. The zero-order chi connectivity index (χ0) is 17.6. The van der Waals surface area contributed by atoms with Crippen LogP contribution in [0.15, 0.2) is 30.3 Å². The number of hydrogen-bond donors (Lipinski definition) is 1. The monoisotopic (exact) mass is 319 g/mol. The summed E-state index contributed by atoms with van der Waals surface area (Å²) in [6.07, 6.45) is 2.56. The fourth-order valence-corrected chi connectivity index (χ4v) is 1.95. The standard InChI is InChI=1S/C16H21N3O4/c1-11(2)15(16(21)18(3)4)17-14(20)10-9-12-7-5-6-8-13(12)19(22)23/h5-11,15H,1-4H3,(H,17,20)/b10-9+. The second-order valence-corrected chi connectivity index (χ2v) is 5.61. The predicted octanol–water partition coefficient (Wildman–Crippen LogP) is 1.84. The summed E-state index contributed by atoms with van der Waals surface area (Å²) in [7, 11) is 3.24. The van der Waals surface area contributed by atoms with E-state index in [2.05, 4.69) is 5.32 Å². The third kappa shape index (κ3) is 5.21. The van der Waals surface area contributed by atoms with Crippen molar-refractivity contribution in [3.63, 3.8) is 0 Å². The Morgan fingerprint density at radius 2 is 1.87 bits per heavy atom. The number of amides is 2. The molecule has 0 heterocycles. The Kier molecular flexibility index (Phi) is 6.44. The SMILES string of the molecule is CC(C)C(NC(=O)/C=C/c1ccccc1[N+](=O)[O-])C(=O)N(C)C. The van der Waals surface area contributed by atoms with Crippen molar-refractivity contribution in [2.75, 3.05) is 14.1 Å². The van der Waals surface area contributed by atoms with Crippen LogP contribution in [0.1, 0.15) is 19.4 Å². The lowest BCUT2D eigenvalue weighted by Gasteiger charge is -2.24. The molecule has 0 spiro atoms. The Hall–Kier alpha value is -2.70. The first-order valence-corrected chi connectivity index (χ1v) is 7.17. The fourth-order valence-electron chi connectivity index (χ4n) is 1.95. The molecule has 0 radical (unpaired) electrons. The molecule has 1 rings (SSSR count). The van der Waals surface area contributed by atoms with Crippen LogP contribution in [0.25, 0.3) is 6.08 Å². The third-order valence-electron chi connectivity index (χ3n) is 3.22. The van der Waals surface area contributed by atoms with Crippen molar-refractivity contribution >= 4 is 23.6 Å². The second-order valence-electron chi connectivity index (χ2n) is 5.61. The van der Waals surface area contributed by atoms with Gasteiger partial charge in [0.25, 0.3) is 5.69 Å². The van der Waals surface area contributed by atoms with Crippen molar-refractivity contribution in [1.29, 1.82) is 0 Å². The molecular formula is C16H21N3O4. The van der Waals surface area contributed by atoms with Crippen molar-refractivity contribution < 1.29 is 14.5 Å². The van der Waals surface area contributed by atoms with Crippen LogP contribution in [-0.2, 0) is 9.59 Å². The molecule has 0 aromatic heterocycles. The van der Waals surface area contributed by atoms with Crippen LogP contribution in [-0.4, -0.2) is 41.8 Å². The van der Waals surface area contributed by atoms with Crippen molar-refractivity contribution in [1.82, 2.24) is 10.2 Å². The van der Waals surface area contributed by atoms with E-state index in [-0.39, 0.29) is 17.5 Å². The molecule has 0 aliphatic rings. The van der Waals surface area contributed by atoms with E-state index in [0.717, 1.165) is 0 Å². The van der Waals surface area contributed by atoms with Gasteiger partial charge in [0.1, 0.15) is 6.04 Å². The summed E-state index contributed by atoms with van der Waals surface area (Å²) in [6, 6.07) is 5.47. The maximum absolute atomic E-state index is 12.0. The Morgan fingerprint density at radius 3 is 2.39 bits per heavy atom. The number of benzene rings is 1. The highest BCUT2D eigenvalue weighted by Crippen LogP contribution is 2.18. The molecule has 0 aliphatic carbocycles. The van der Waals surface area contributed by atoms with E-state index in [9.17, 15) is 19.7 Å². The van der Waals surface area contributed by atoms with Gasteiger partial charge in [0.05, 0.1) is 10.5 Å². The average Bonchev–Trinajstić information content (AvgIpc) is 2.49. The third-order valence-corrected chi connectivity index (χ3v) is 3.22. The smallest absolute Gasteiger partial charge is 0.276 e. The Labute approximate surface area is 135 Å². The van der Waals surface area contributed by atoms with Crippen LogP contribution in [0.2, 0.25) is 0 Å². The number of hydrogen-bond acceptors (Lipinski definition) is 4. The summed E-state index contributed by atoms with van der Waals surface area (Å²) in [4.78, 5) is 35.9. The number of carbonyl (C=O) groups excluding carboxylic acids is 2. The summed E-state index contributed by atoms with van der Waals surface area (Å²) in [5, 5.41) is 13.5. The van der Waals surface area contributed by atoms with Crippen molar-refractivity contribution in [2.45, 2.75) is 19.9 Å². The van der Waals surface area contributed by atoms with E-state index in [0.29, 0.717) is 5.56 Å². The highest BCUT2D eigenvalue weighted by Gasteiger charge is 2.24. The topological polar surface area (TPSA) is 92.5 Å².